The molecule has 168 valence electrons. The molecule has 0 unspecified atom stereocenters. The molecule has 32 heavy (non-hydrogen) atoms. The zero-order chi connectivity index (χ0) is 22.8. The quantitative estimate of drug-likeness (QED) is 0.288. The van der Waals surface area contributed by atoms with E-state index >= 15 is 0 Å². The molecule has 2 aliphatic rings. The first kappa shape index (κ1) is 23.6. The molecule has 5 nitrogen and oxygen atoms in total. The van der Waals surface area contributed by atoms with Crippen molar-refractivity contribution < 1.29 is 14.3 Å². The molecule has 0 aromatic heterocycles. The fraction of sp³-hybridized carbons (Fsp3) is 0.304. The van der Waals surface area contributed by atoms with E-state index in [9.17, 15) is 9.59 Å². The smallest absolute Gasteiger partial charge is 0.329 e. The van der Waals surface area contributed by atoms with E-state index in [2.05, 4.69) is 37.2 Å². The van der Waals surface area contributed by atoms with Crippen LogP contribution in [0.4, 0.5) is 4.79 Å². The predicted molar refractivity (Wildman–Crippen MR) is 133 cm³/mol. The Labute approximate surface area is 213 Å². The molecule has 2 fully saturated rings. The van der Waals surface area contributed by atoms with Gasteiger partial charge in [-0.15, -0.1) is 0 Å². The van der Waals surface area contributed by atoms with Crippen molar-refractivity contribution in [1.29, 1.82) is 0 Å². The lowest BCUT2D eigenvalue weighted by Crippen LogP contribution is -2.41. The van der Waals surface area contributed by atoms with Gasteiger partial charge in [-0.1, -0.05) is 48.5 Å². The van der Waals surface area contributed by atoms with E-state index in [4.69, 9.17) is 27.9 Å². The molecule has 1 N–H and O–H groups in total. The molecule has 1 heterocycles. The topological polar surface area (TPSA) is 58.6 Å². The molecule has 0 atom stereocenters. The summed E-state index contributed by atoms with van der Waals surface area (Å²) in [6.07, 6.45) is 6.67. The second-order valence-corrected chi connectivity index (χ2v) is 10.3. The third kappa shape index (κ3) is 5.16. The molecule has 2 aromatic rings. The van der Waals surface area contributed by atoms with Crippen molar-refractivity contribution >= 4 is 73.1 Å². The summed E-state index contributed by atoms with van der Waals surface area (Å²) >= 11 is 19.1. The van der Waals surface area contributed by atoms with Gasteiger partial charge in [0.25, 0.3) is 5.91 Å². The second-order valence-electron chi connectivity index (χ2n) is 7.81. The minimum absolute atomic E-state index is 0.0160. The van der Waals surface area contributed by atoms with Crippen molar-refractivity contribution in [2.45, 2.75) is 44.8 Å². The Hall–Kier alpha value is -1.54. The maximum Gasteiger partial charge on any atom is 0.329 e. The summed E-state index contributed by atoms with van der Waals surface area (Å²) in [7, 11) is 0. The monoisotopic (exact) mass is 600 g/mol. The molecule has 0 spiro atoms. The number of hydrogen-bond donors (Lipinski definition) is 1. The van der Waals surface area contributed by atoms with E-state index in [1.165, 1.54) is 4.90 Å². The first-order valence-corrected chi connectivity index (χ1v) is 12.6. The van der Waals surface area contributed by atoms with Crippen LogP contribution in [0, 0.1) is 0 Å². The van der Waals surface area contributed by atoms with Crippen LogP contribution >= 0.6 is 55.1 Å². The summed E-state index contributed by atoms with van der Waals surface area (Å²) in [6.45, 7) is 0.305. The summed E-state index contributed by atoms with van der Waals surface area (Å²) in [5.74, 6) is 0.345. The van der Waals surface area contributed by atoms with E-state index in [0.717, 1.165) is 43.2 Å². The Morgan fingerprint density at radius 2 is 1.72 bits per heavy atom. The van der Waals surface area contributed by atoms with Crippen LogP contribution in [0.15, 0.2) is 45.0 Å². The van der Waals surface area contributed by atoms with E-state index < -0.39 is 0 Å². The molecule has 4 rings (SSSR count). The lowest BCUT2D eigenvalue weighted by Gasteiger charge is -2.28. The van der Waals surface area contributed by atoms with Crippen molar-refractivity contribution in [3.05, 3.63) is 66.1 Å². The number of nitrogens with zero attached hydrogens (tertiary/aromatic N) is 1. The predicted octanol–water partition coefficient (Wildman–Crippen LogP) is 7.32. The molecule has 3 amide bonds. The maximum atomic E-state index is 12.9. The lowest BCUT2D eigenvalue weighted by molar-refractivity contribution is -0.124. The number of carbonyl (C=O) groups excluding carboxylic acids is 2. The Kier molecular flexibility index (Phi) is 7.50. The number of urea groups is 1. The average Bonchev–Trinajstić information content (AvgIpc) is 3.03. The Morgan fingerprint density at radius 3 is 2.38 bits per heavy atom. The zero-order valence-electron chi connectivity index (χ0n) is 17.0. The van der Waals surface area contributed by atoms with E-state index in [-0.39, 0.29) is 23.7 Å². The number of nitrogens with one attached hydrogen (secondary N) is 1. The molecule has 0 bridgehead atoms. The van der Waals surface area contributed by atoms with Gasteiger partial charge in [0, 0.05) is 6.04 Å². The fourth-order valence-corrected chi connectivity index (χ4v) is 5.74. The van der Waals surface area contributed by atoms with Gasteiger partial charge in [0.2, 0.25) is 0 Å². The van der Waals surface area contributed by atoms with Crippen LogP contribution in [0.1, 0.15) is 43.2 Å². The van der Waals surface area contributed by atoms with Gasteiger partial charge in [-0.05, 0) is 86.2 Å². The first-order chi connectivity index (χ1) is 15.3. The molecule has 0 radical (unpaired) electrons. The van der Waals surface area contributed by atoms with Gasteiger partial charge in [-0.2, -0.15) is 0 Å². The van der Waals surface area contributed by atoms with Gasteiger partial charge in [0.1, 0.15) is 18.1 Å². The molecule has 1 aliphatic carbocycles. The Morgan fingerprint density at radius 1 is 1.03 bits per heavy atom. The highest BCUT2D eigenvalue weighted by Gasteiger charge is 2.38. The van der Waals surface area contributed by atoms with Crippen molar-refractivity contribution in [2.75, 3.05) is 0 Å². The van der Waals surface area contributed by atoms with Gasteiger partial charge in [0.15, 0.2) is 0 Å². The van der Waals surface area contributed by atoms with Gasteiger partial charge >= 0.3 is 6.03 Å². The highest BCUT2D eigenvalue weighted by atomic mass is 79.9. The number of amides is 3. The van der Waals surface area contributed by atoms with Gasteiger partial charge in [-0.3, -0.25) is 9.69 Å². The van der Waals surface area contributed by atoms with Crippen LogP contribution in [0.5, 0.6) is 5.75 Å². The number of halogens is 4. The second kappa shape index (κ2) is 10.2. The van der Waals surface area contributed by atoms with Gasteiger partial charge in [-0.25, -0.2) is 4.79 Å². The molecule has 9 heteroatoms. The first-order valence-electron chi connectivity index (χ1n) is 10.3. The van der Waals surface area contributed by atoms with Crippen molar-refractivity contribution in [3.63, 3.8) is 0 Å². The molecular weight excluding hydrogens is 583 g/mol. The fourth-order valence-electron chi connectivity index (χ4n) is 3.97. The zero-order valence-corrected chi connectivity index (χ0v) is 21.7. The average molecular weight is 603 g/mol. The summed E-state index contributed by atoms with van der Waals surface area (Å²) < 4.78 is 7.36. The van der Waals surface area contributed by atoms with Crippen LogP contribution < -0.4 is 10.1 Å². The highest BCUT2D eigenvalue weighted by Crippen LogP contribution is 2.36. The van der Waals surface area contributed by atoms with Crippen molar-refractivity contribution in [3.8, 4) is 5.75 Å². The summed E-state index contributed by atoms with van der Waals surface area (Å²) in [5.41, 5.74) is 1.91. The minimum atomic E-state index is -0.340. The molecule has 1 saturated carbocycles. The number of benzene rings is 2. The van der Waals surface area contributed by atoms with E-state index in [1.807, 2.05) is 18.2 Å². The third-order valence-corrected chi connectivity index (χ3v) is 7.47. The normalized spacial score (nSPS) is 18.4. The Bertz CT molecular complexity index is 1080. The number of carbonyl (C=O) groups is 2. The SMILES string of the molecule is O=C1N/C(=C\c2cc(Br)c(OCc3ccc(Cl)c(Cl)c3)c(Br)c2)C(=O)N1C1CCCCC1. The standard InChI is InChI=1S/C23H20Br2Cl2N2O3/c24-16-8-14(9-17(25)21(16)32-12-13-6-7-18(26)19(27)10-13)11-20-22(30)29(23(31)28-20)15-4-2-1-3-5-15/h6-11,15H,1-5,12H2,(H,28,31)/b20-11-. The molecule has 1 aliphatic heterocycles. The third-order valence-electron chi connectivity index (χ3n) is 5.55. The highest BCUT2D eigenvalue weighted by molar-refractivity contribution is 9.11. The molecule has 2 aromatic carbocycles. The van der Waals surface area contributed by atoms with Crippen LogP contribution in [0.3, 0.4) is 0 Å². The number of ether oxygens (including phenoxy) is 1. The van der Waals surface area contributed by atoms with Crippen molar-refractivity contribution in [1.82, 2.24) is 10.2 Å². The van der Waals surface area contributed by atoms with Crippen LogP contribution in [0.2, 0.25) is 10.0 Å². The number of imide groups is 1. The molecular formula is C23H20Br2Cl2N2O3. The van der Waals surface area contributed by atoms with Crippen molar-refractivity contribution in [2.24, 2.45) is 0 Å². The Balaban J connectivity index is 1.50. The lowest BCUT2D eigenvalue weighted by atomic mass is 9.94. The maximum absolute atomic E-state index is 12.9. The number of hydrogen-bond acceptors (Lipinski definition) is 3. The summed E-state index contributed by atoms with van der Waals surface area (Å²) in [4.78, 5) is 26.7. The summed E-state index contributed by atoms with van der Waals surface area (Å²) in [5, 5.41) is 3.69. The van der Waals surface area contributed by atoms with Crippen LogP contribution in [-0.2, 0) is 11.4 Å². The minimum Gasteiger partial charge on any atom is -0.487 e. The van der Waals surface area contributed by atoms with Gasteiger partial charge in [0.05, 0.1) is 19.0 Å². The van der Waals surface area contributed by atoms with E-state index in [0.29, 0.717) is 31.3 Å². The van der Waals surface area contributed by atoms with E-state index in [1.54, 1.807) is 18.2 Å². The largest absolute Gasteiger partial charge is 0.487 e. The van der Waals surface area contributed by atoms with Crippen LogP contribution in [-0.4, -0.2) is 22.9 Å². The summed E-state index contributed by atoms with van der Waals surface area (Å²) in [6, 6.07) is 8.66. The van der Waals surface area contributed by atoms with Gasteiger partial charge < -0.3 is 10.1 Å². The molecule has 1 saturated heterocycles. The number of rotatable bonds is 5. The van der Waals surface area contributed by atoms with Crippen LogP contribution in [0.25, 0.3) is 6.08 Å².